The van der Waals surface area contributed by atoms with Crippen LogP contribution in [0.3, 0.4) is 0 Å². The van der Waals surface area contributed by atoms with Crippen LogP contribution in [0.4, 0.5) is 5.69 Å². The van der Waals surface area contributed by atoms with Crippen molar-refractivity contribution in [1.82, 2.24) is 0 Å². The van der Waals surface area contributed by atoms with E-state index in [-0.39, 0.29) is 5.91 Å². The number of hydrogen-bond donors (Lipinski definition) is 2. The van der Waals surface area contributed by atoms with Crippen molar-refractivity contribution in [3.8, 4) is 0 Å². The maximum atomic E-state index is 11.9. The summed E-state index contributed by atoms with van der Waals surface area (Å²) in [5.74, 6) is 0.300. The van der Waals surface area contributed by atoms with Crippen LogP contribution in [0.25, 0.3) is 0 Å². The van der Waals surface area contributed by atoms with Crippen molar-refractivity contribution in [3.63, 3.8) is 0 Å². The molecule has 0 bridgehead atoms. The summed E-state index contributed by atoms with van der Waals surface area (Å²) < 4.78 is 0. The van der Waals surface area contributed by atoms with Gasteiger partial charge in [-0.15, -0.1) is 0 Å². The molecule has 1 aromatic carbocycles. The van der Waals surface area contributed by atoms with E-state index in [4.69, 9.17) is 5.73 Å². The SMILES string of the molecule is NC(=O)c1ccc(NC(=O)CCC2CCCCC2)cc1. The van der Waals surface area contributed by atoms with E-state index in [1.807, 2.05) is 0 Å². The first-order valence-corrected chi connectivity index (χ1v) is 7.35. The number of amides is 2. The minimum atomic E-state index is -0.458. The van der Waals surface area contributed by atoms with E-state index in [0.29, 0.717) is 23.6 Å². The predicted molar refractivity (Wildman–Crippen MR) is 79.4 cm³/mol. The molecular formula is C16H22N2O2. The number of rotatable bonds is 5. The predicted octanol–water partition coefficient (Wildman–Crippen LogP) is 3.08. The van der Waals surface area contributed by atoms with Crippen LogP contribution in [-0.2, 0) is 4.79 Å². The van der Waals surface area contributed by atoms with Crippen LogP contribution in [0, 0.1) is 5.92 Å². The normalized spacial score (nSPS) is 15.8. The van der Waals surface area contributed by atoms with E-state index in [9.17, 15) is 9.59 Å². The molecule has 1 aliphatic rings. The van der Waals surface area contributed by atoms with E-state index < -0.39 is 5.91 Å². The third kappa shape index (κ3) is 4.37. The van der Waals surface area contributed by atoms with Crippen LogP contribution < -0.4 is 11.1 Å². The first-order valence-electron chi connectivity index (χ1n) is 7.35. The summed E-state index contributed by atoms with van der Waals surface area (Å²) in [6, 6.07) is 6.66. The Balaban J connectivity index is 1.77. The summed E-state index contributed by atoms with van der Waals surface area (Å²) >= 11 is 0. The third-order valence-corrected chi connectivity index (χ3v) is 3.96. The zero-order valence-corrected chi connectivity index (χ0v) is 11.7. The highest BCUT2D eigenvalue weighted by Crippen LogP contribution is 2.27. The van der Waals surface area contributed by atoms with Crippen LogP contribution in [-0.4, -0.2) is 11.8 Å². The molecule has 1 aliphatic carbocycles. The van der Waals surface area contributed by atoms with Crippen molar-refractivity contribution >= 4 is 17.5 Å². The van der Waals surface area contributed by atoms with E-state index >= 15 is 0 Å². The van der Waals surface area contributed by atoms with Crippen LogP contribution in [0.2, 0.25) is 0 Å². The van der Waals surface area contributed by atoms with Crippen molar-refractivity contribution in [2.24, 2.45) is 11.7 Å². The van der Waals surface area contributed by atoms with Crippen molar-refractivity contribution in [1.29, 1.82) is 0 Å². The Hall–Kier alpha value is -1.84. The van der Waals surface area contributed by atoms with Gasteiger partial charge in [-0.3, -0.25) is 9.59 Å². The van der Waals surface area contributed by atoms with Gasteiger partial charge in [-0.05, 0) is 36.6 Å². The van der Waals surface area contributed by atoms with Crippen molar-refractivity contribution < 1.29 is 9.59 Å². The van der Waals surface area contributed by atoms with E-state index in [2.05, 4.69) is 5.32 Å². The molecule has 4 nitrogen and oxygen atoms in total. The van der Waals surface area contributed by atoms with Crippen molar-refractivity contribution in [2.45, 2.75) is 44.9 Å². The average molecular weight is 274 g/mol. The molecule has 4 heteroatoms. The highest BCUT2D eigenvalue weighted by atomic mass is 16.1. The van der Waals surface area contributed by atoms with Gasteiger partial charge in [0.1, 0.15) is 0 Å². The molecule has 1 fully saturated rings. The van der Waals surface area contributed by atoms with Gasteiger partial charge in [-0.2, -0.15) is 0 Å². The molecule has 2 amide bonds. The Bertz CT molecular complexity index is 462. The Morgan fingerprint density at radius 2 is 1.75 bits per heavy atom. The van der Waals surface area contributed by atoms with Gasteiger partial charge in [0.25, 0.3) is 0 Å². The number of anilines is 1. The van der Waals surface area contributed by atoms with Crippen molar-refractivity contribution in [3.05, 3.63) is 29.8 Å². The average Bonchev–Trinajstić information content (AvgIpc) is 2.47. The number of nitrogens with two attached hydrogens (primary N) is 1. The van der Waals surface area contributed by atoms with Gasteiger partial charge in [0, 0.05) is 17.7 Å². The summed E-state index contributed by atoms with van der Waals surface area (Å²) in [6.45, 7) is 0. The number of nitrogens with one attached hydrogen (secondary N) is 1. The second-order valence-electron chi connectivity index (χ2n) is 5.53. The Morgan fingerprint density at radius 3 is 2.35 bits per heavy atom. The molecule has 0 aliphatic heterocycles. The second kappa shape index (κ2) is 7.08. The summed E-state index contributed by atoms with van der Waals surface area (Å²) in [5, 5.41) is 2.86. The maximum Gasteiger partial charge on any atom is 0.248 e. The van der Waals surface area contributed by atoms with Crippen molar-refractivity contribution in [2.75, 3.05) is 5.32 Å². The first kappa shape index (κ1) is 14.6. The topological polar surface area (TPSA) is 72.2 Å². The number of carbonyl (C=O) groups excluding carboxylic acids is 2. The molecule has 0 saturated heterocycles. The van der Waals surface area contributed by atoms with Gasteiger partial charge in [0.05, 0.1) is 0 Å². The van der Waals surface area contributed by atoms with Gasteiger partial charge in [0.15, 0.2) is 0 Å². The van der Waals surface area contributed by atoms with Crippen LogP contribution in [0.15, 0.2) is 24.3 Å². The summed E-state index contributed by atoms with van der Waals surface area (Å²) in [6.07, 6.45) is 8.03. The van der Waals surface area contributed by atoms with E-state index in [0.717, 1.165) is 6.42 Å². The molecule has 0 unspecified atom stereocenters. The minimum Gasteiger partial charge on any atom is -0.366 e. The molecule has 108 valence electrons. The highest BCUT2D eigenvalue weighted by molar-refractivity contribution is 5.94. The minimum absolute atomic E-state index is 0.0439. The zero-order valence-electron chi connectivity index (χ0n) is 11.7. The fraction of sp³-hybridized carbons (Fsp3) is 0.500. The Labute approximate surface area is 119 Å². The van der Waals surface area contributed by atoms with Crippen LogP contribution in [0.1, 0.15) is 55.3 Å². The molecule has 0 aromatic heterocycles. The van der Waals surface area contributed by atoms with Gasteiger partial charge in [0.2, 0.25) is 11.8 Å². The molecule has 0 spiro atoms. The molecule has 0 atom stereocenters. The Morgan fingerprint density at radius 1 is 1.10 bits per heavy atom. The second-order valence-corrected chi connectivity index (χ2v) is 5.53. The Kier molecular flexibility index (Phi) is 5.16. The van der Waals surface area contributed by atoms with Gasteiger partial charge in [-0.25, -0.2) is 0 Å². The first-order chi connectivity index (χ1) is 9.65. The molecule has 0 radical (unpaired) electrons. The number of hydrogen-bond acceptors (Lipinski definition) is 2. The number of primary amides is 1. The quantitative estimate of drug-likeness (QED) is 0.866. The number of carbonyl (C=O) groups is 2. The lowest BCUT2D eigenvalue weighted by atomic mass is 9.86. The standard InChI is InChI=1S/C16H22N2O2/c17-16(20)13-7-9-14(10-8-13)18-15(19)11-6-12-4-2-1-3-5-12/h7-10,12H,1-6,11H2,(H2,17,20)(H,18,19). The lowest BCUT2D eigenvalue weighted by Crippen LogP contribution is -2.15. The van der Waals surface area contributed by atoms with Gasteiger partial charge >= 0.3 is 0 Å². The summed E-state index contributed by atoms with van der Waals surface area (Å²) in [7, 11) is 0. The molecule has 2 rings (SSSR count). The molecule has 1 saturated carbocycles. The fourth-order valence-electron chi connectivity index (χ4n) is 2.75. The van der Waals surface area contributed by atoms with E-state index in [1.165, 1.54) is 32.1 Å². The molecular weight excluding hydrogens is 252 g/mol. The summed E-state index contributed by atoms with van der Waals surface area (Å²) in [4.78, 5) is 22.8. The highest BCUT2D eigenvalue weighted by Gasteiger charge is 2.14. The smallest absolute Gasteiger partial charge is 0.248 e. The largest absolute Gasteiger partial charge is 0.366 e. The zero-order chi connectivity index (χ0) is 14.4. The fourth-order valence-corrected chi connectivity index (χ4v) is 2.75. The molecule has 3 N–H and O–H groups in total. The summed E-state index contributed by atoms with van der Waals surface area (Å²) in [5.41, 5.74) is 6.33. The third-order valence-electron chi connectivity index (χ3n) is 3.96. The lowest BCUT2D eigenvalue weighted by Gasteiger charge is -2.20. The van der Waals surface area contributed by atoms with Gasteiger partial charge in [-0.1, -0.05) is 32.1 Å². The molecule has 20 heavy (non-hydrogen) atoms. The number of benzene rings is 1. The van der Waals surface area contributed by atoms with Gasteiger partial charge < -0.3 is 11.1 Å². The van der Waals surface area contributed by atoms with Crippen LogP contribution in [0.5, 0.6) is 0 Å². The molecule has 1 aromatic rings. The molecule has 0 heterocycles. The van der Waals surface area contributed by atoms with Crippen LogP contribution >= 0.6 is 0 Å². The maximum absolute atomic E-state index is 11.9. The lowest BCUT2D eigenvalue weighted by molar-refractivity contribution is -0.116. The monoisotopic (exact) mass is 274 g/mol. The van der Waals surface area contributed by atoms with E-state index in [1.54, 1.807) is 24.3 Å².